The quantitative estimate of drug-likeness (QED) is 0.888. The highest BCUT2D eigenvalue weighted by atomic mass is 15.4. The fourth-order valence-corrected chi connectivity index (χ4v) is 2.37. The van der Waals surface area contributed by atoms with E-state index in [9.17, 15) is 5.26 Å². The monoisotopic (exact) mass is 283 g/mol. The maximum Gasteiger partial charge on any atom is 0.169 e. The molecule has 0 aromatic carbocycles. The molecule has 7 heteroatoms. The van der Waals surface area contributed by atoms with Crippen molar-refractivity contribution in [3.8, 4) is 11.9 Å². The average molecular weight is 283 g/mol. The number of anilines is 2. The van der Waals surface area contributed by atoms with Gasteiger partial charge in [0.1, 0.15) is 23.3 Å². The minimum atomic E-state index is 0.303. The van der Waals surface area contributed by atoms with Crippen molar-refractivity contribution in [2.24, 2.45) is 0 Å². The maximum atomic E-state index is 9.32. The van der Waals surface area contributed by atoms with Gasteiger partial charge in [0.2, 0.25) is 0 Å². The normalized spacial score (nSPS) is 14.5. The molecule has 3 N–H and O–H groups in total. The molecule has 7 nitrogen and oxygen atoms in total. The second kappa shape index (κ2) is 5.05. The van der Waals surface area contributed by atoms with Gasteiger partial charge >= 0.3 is 0 Å². The van der Waals surface area contributed by atoms with Crippen molar-refractivity contribution >= 4 is 11.6 Å². The number of nitriles is 1. The van der Waals surface area contributed by atoms with Gasteiger partial charge in [0.25, 0.3) is 0 Å². The summed E-state index contributed by atoms with van der Waals surface area (Å²) in [6.45, 7) is 3.70. The Morgan fingerprint density at radius 2 is 2.14 bits per heavy atom. The lowest BCUT2D eigenvalue weighted by atomic mass is 9.93. The van der Waals surface area contributed by atoms with Gasteiger partial charge in [0.15, 0.2) is 11.6 Å². The van der Waals surface area contributed by atoms with Crippen LogP contribution in [0.15, 0.2) is 6.07 Å². The van der Waals surface area contributed by atoms with Gasteiger partial charge in [-0.3, -0.25) is 0 Å². The molecule has 2 heterocycles. The number of hydrogen-bond donors (Lipinski definition) is 2. The average Bonchev–Trinajstić information content (AvgIpc) is 2.69. The third-order valence-corrected chi connectivity index (χ3v) is 3.65. The number of nitrogens with two attached hydrogens (primary N) is 1. The van der Waals surface area contributed by atoms with E-state index in [-0.39, 0.29) is 0 Å². The Morgan fingerprint density at radius 3 is 2.71 bits per heavy atom. The van der Waals surface area contributed by atoms with Crippen molar-refractivity contribution in [2.75, 3.05) is 11.1 Å². The minimum Gasteiger partial charge on any atom is -0.382 e. The number of nitrogen functional groups attached to an aromatic ring is 1. The van der Waals surface area contributed by atoms with E-state index < -0.39 is 0 Å². The zero-order valence-electron chi connectivity index (χ0n) is 12.1. The Kier molecular flexibility index (Phi) is 3.22. The Labute approximate surface area is 122 Å². The van der Waals surface area contributed by atoms with Crippen LogP contribution in [0, 0.1) is 25.2 Å². The van der Waals surface area contributed by atoms with Gasteiger partial charge < -0.3 is 11.1 Å². The number of nitrogens with one attached hydrogen (secondary N) is 1. The summed E-state index contributed by atoms with van der Waals surface area (Å²) < 4.78 is 1.50. The van der Waals surface area contributed by atoms with Crippen LogP contribution in [0.25, 0.3) is 5.82 Å². The topological polar surface area (TPSA) is 105 Å². The second-order valence-corrected chi connectivity index (χ2v) is 5.32. The highest BCUT2D eigenvalue weighted by molar-refractivity contribution is 5.66. The van der Waals surface area contributed by atoms with Gasteiger partial charge in [-0.05, 0) is 33.1 Å². The van der Waals surface area contributed by atoms with E-state index in [1.54, 1.807) is 6.07 Å². The second-order valence-electron chi connectivity index (χ2n) is 5.32. The molecule has 0 unspecified atom stereocenters. The minimum absolute atomic E-state index is 0.303. The van der Waals surface area contributed by atoms with Gasteiger partial charge in [-0.1, -0.05) is 0 Å². The highest BCUT2D eigenvalue weighted by Gasteiger charge is 2.23. The summed E-state index contributed by atoms with van der Waals surface area (Å²) in [7, 11) is 0. The van der Waals surface area contributed by atoms with Crippen molar-refractivity contribution in [1.82, 2.24) is 19.7 Å². The molecule has 2 aromatic heterocycles. The van der Waals surface area contributed by atoms with Crippen LogP contribution in [-0.4, -0.2) is 25.8 Å². The zero-order valence-corrected chi connectivity index (χ0v) is 12.1. The van der Waals surface area contributed by atoms with E-state index in [0.717, 1.165) is 18.5 Å². The largest absolute Gasteiger partial charge is 0.382 e. The molecule has 1 aliphatic carbocycles. The SMILES string of the molecule is Cc1cc(-n2nc(NC3CCC3)c(C#N)c2N)nc(C)n1. The van der Waals surface area contributed by atoms with Crippen molar-refractivity contribution in [2.45, 2.75) is 39.2 Å². The molecule has 108 valence electrons. The van der Waals surface area contributed by atoms with E-state index in [1.165, 1.54) is 11.1 Å². The lowest BCUT2D eigenvalue weighted by Crippen LogP contribution is -2.27. The molecule has 1 aliphatic rings. The summed E-state index contributed by atoms with van der Waals surface area (Å²) in [5.41, 5.74) is 7.26. The highest BCUT2D eigenvalue weighted by Crippen LogP contribution is 2.28. The third-order valence-electron chi connectivity index (χ3n) is 3.65. The summed E-state index contributed by atoms with van der Waals surface area (Å²) in [6, 6.07) is 4.30. The molecule has 21 heavy (non-hydrogen) atoms. The number of aromatic nitrogens is 4. The predicted octanol–water partition coefficient (Wildman–Crippen LogP) is 1.70. The Hall–Kier alpha value is -2.62. The number of rotatable bonds is 3. The van der Waals surface area contributed by atoms with Crippen molar-refractivity contribution in [1.29, 1.82) is 5.26 Å². The van der Waals surface area contributed by atoms with Crippen LogP contribution in [0.1, 0.15) is 36.3 Å². The molecule has 2 aromatic rings. The molecule has 1 saturated carbocycles. The van der Waals surface area contributed by atoms with Crippen LogP contribution >= 0.6 is 0 Å². The van der Waals surface area contributed by atoms with Crippen LogP contribution < -0.4 is 11.1 Å². The molecule has 0 atom stereocenters. The first-order chi connectivity index (χ1) is 10.1. The van der Waals surface area contributed by atoms with E-state index in [1.807, 2.05) is 13.8 Å². The fourth-order valence-electron chi connectivity index (χ4n) is 2.37. The van der Waals surface area contributed by atoms with Crippen LogP contribution in [0.4, 0.5) is 11.6 Å². The van der Waals surface area contributed by atoms with E-state index in [2.05, 4.69) is 26.5 Å². The molecule has 3 rings (SSSR count). The van der Waals surface area contributed by atoms with Gasteiger partial charge in [-0.2, -0.15) is 9.94 Å². The van der Waals surface area contributed by atoms with Gasteiger partial charge in [-0.15, -0.1) is 5.10 Å². The standard InChI is InChI=1S/C14H17N7/c1-8-6-12(18-9(2)17-8)21-13(16)11(7-15)14(20-21)19-10-4-3-5-10/h6,10H,3-5,16H2,1-2H3,(H,19,20). The van der Waals surface area contributed by atoms with E-state index in [4.69, 9.17) is 5.73 Å². The molecule has 1 fully saturated rings. The van der Waals surface area contributed by atoms with Gasteiger partial charge in [0, 0.05) is 17.8 Å². The first kappa shape index (κ1) is 13.4. The summed E-state index contributed by atoms with van der Waals surface area (Å²) in [5.74, 6) is 2.06. The first-order valence-electron chi connectivity index (χ1n) is 6.96. The molecule has 0 saturated heterocycles. The fraction of sp³-hybridized carbons (Fsp3) is 0.429. The third kappa shape index (κ3) is 2.40. The van der Waals surface area contributed by atoms with Crippen molar-refractivity contribution in [3.05, 3.63) is 23.1 Å². The number of hydrogen-bond acceptors (Lipinski definition) is 6. The van der Waals surface area contributed by atoms with Gasteiger partial charge in [0.05, 0.1) is 0 Å². The maximum absolute atomic E-state index is 9.32. The molecule has 0 amide bonds. The lowest BCUT2D eigenvalue weighted by Gasteiger charge is -2.26. The lowest BCUT2D eigenvalue weighted by molar-refractivity contribution is 0.444. The first-order valence-corrected chi connectivity index (χ1v) is 6.96. The smallest absolute Gasteiger partial charge is 0.169 e. The molecule has 0 aliphatic heterocycles. The van der Waals surface area contributed by atoms with Gasteiger partial charge in [-0.25, -0.2) is 9.97 Å². The van der Waals surface area contributed by atoms with Crippen molar-refractivity contribution < 1.29 is 0 Å². The van der Waals surface area contributed by atoms with Crippen LogP contribution in [0.2, 0.25) is 0 Å². The molecular formula is C14H17N7. The van der Waals surface area contributed by atoms with Crippen LogP contribution in [0.3, 0.4) is 0 Å². The number of nitrogens with zero attached hydrogens (tertiary/aromatic N) is 5. The molecule has 0 radical (unpaired) electrons. The summed E-state index contributed by atoms with van der Waals surface area (Å²) in [4.78, 5) is 8.58. The van der Waals surface area contributed by atoms with Crippen LogP contribution in [0.5, 0.6) is 0 Å². The molecule has 0 spiro atoms. The van der Waals surface area contributed by atoms with E-state index in [0.29, 0.717) is 34.9 Å². The Morgan fingerprint density at radius 1 is 1.38 bits per heavy atom. The van der Waals surface area contributed by atoms with Crippen LogP contribution in [-0.2, 0) is 0 Å². The Bertz CT molecular complexity index is 701. The van der Waals surface area contributed by atoms with Crippen molar-refractivity contribution in [3.63, 3.8) is 0 Å². The zero-order chi connectivity index (χ0) is 15.0. The number of aryl methyl sites for hydroxylation is 2. The molecule has 0 bridgehead atoms. The predicted molar refractivity (Wildman–Crippen MR) is 79.0 cm³/mol. The summed E-state index contributed by atoms with van der Waals surface area (Å²) in [6.07, 6.45) is 3.41. The molecular weight excluding hydrogens is 266 g/mol. The summed E-state index contributed by atoms with van der Waals surface area (Å²) in [5, 5.41) is 17.0. The van der Waals surface area contributed by atoms with E-state index >= 15 is 0 Å². The Balaban J connectivity index is 2.04. The summed E-state index contributed by atoms with van der Waals surface area (Å²) >= 11 is 0.